The fourth-order valence-electron chi connectivity index (χ4n) is 0.896. The van der Waals surface area contributed by atoms with Crippen molar-refractivity contribution in [3.05, 3.63) is 0 Å². The Bertz CT molecular complexity index is 99.9. The maximum Gasteiger partial charge on any atom is 0.109 e. The molecule has 0 bridgehead atoms. The first-order chi connectivity index (χ1) is 4.61. The minimum absolute atomic E-state index is 0.166. The molecule has 0 saturated carbocycles. The highest BCUT2D eigenvalue weighted by Crippen LogP contribution is 2.15. The van der Waals surface area contributed by atoms with Crippen LogP contribution in [0.4, 0.5) is 0 Å². The van der Waals surface area contributed by atoms with E-state index >= 15 is 0 Å². The highest BCUT2D eigenvalue weighted by Gasteiger charge is 2.29. The van der Waals surface area contributed by atoms with Crippen LogP contribution in [-0.2, 0) is 9.47 Å². The third-order valence-corrected chi connectivity index (χ3v) is 1.60. The molecular weight excluding hydrogens is 132 g/mol. The molecule has 1 unspecified atom stereocenters. The molecule has 1 N–H and O–H groups in total. The van der Waals surface area contributed by atoms with Gasteiger partial charge in [0.05, 0.1) is 25.4 Å². The van der Waals surface area contributed by atoms with Gasteiger partial charge in [-0.1, -0.05) is 0 Å². The third-order valence-electron chi connectivity index (χ3n) is 1.60. The van der Waals surface area contributed by atoms with Crippen LogP contribution in [0.15, 0.2) is 0 Å². The van der Waals surface area contributed by atoms with Gasteiger partial charge in [0.2, 0.25) is 0 Å². The van der Waals surface area contributed by atoms with E-state index in [4.69, 9.17) is 9.47 Å². The van der Waals surface area contributed by atoms with Gasteiger partial charge in [0, 0.05) is 0 Å². The Morgan fingerprint density at radius 3 is 2.40 bits per heavy atom. The topological polar surface area (TPSA) is 38.7 Å². The van der Waals surface area contributed by atoms with Gasteiger partial charge in [-0.25, -0.2) is 0 Å². The minimum atomic E-state index is -0.777. The van der Waals surface area contributed by atoms with Crippen molar-refractivity contribution in [2.24, 2.45) is 0 Å². The first-order valence-corrected chi connectivity index (χ1v) is 3.52. The number of ether oxygens (including phenoxy) is 2. The van der Waals surface area contributed by atoms with E-state index in [1.165, 1.54) is 0 Å². The largest absolute Gasteiger partial charge is 0.388 e. The molecule has 0 aromatic carbocycles. The second kappa shape index (κ2) is 2.86. The van der Waals surface area contributed by atoms with Gasteiger partial charge in [0.25, 0.3) is 0 Å². The van der Waals surface area contributed by atoms with Crippen molar-refractivity contribution in [3.63, 3.8) is 0 Å². The van der Waals surface area contributed by atoms with Crippen LogP contribution in [0.3, 0.4) is 0 Å². The normalized spacial score (nSPS) is 28.5. The number of rotatable bonds is 1. The molecule has 1 heterocycles. The van der Waals surface area contributed by atoms with Crippen LogP contribution in [0.25, 0.3) is 0 Å². The van der Waals surface area contributed by atoms with Crippen LogP contribution < -0.4 is 0 Å². The summed E-state index contributed by atoms with van der Waals surface area (Å²) in [5, 5.41) is 9.44. The zero-order valence-corrected chi connectivity index (χ0v) is 6.46. The summed E-state index contributed by atoms with van der Waals surface area (Å²) in [7, 11) is 0. The summed E-state index contributed by atoms with van der Waals surface area (Å²) in [6.07, 6.45) is -0.166. The summed E-state index contributed by atoms with van der Waals surface area (Å²) in [6, 6.07) is 0. The average Bonchev–Trinajstić information content (AvgIpc) is 1.88. The van der Waals surface area contributed by atoms with E-state index in [0.29, 0.717) is 19.8 Å². The molecule has 0 aliphatic carbocycles. The lowest BCUT2D eigenvalue weighted by Gasteiger charge is -2.32. The van der Waals surface area contributed by atoms with Gasteiger partial charge in [-0.2, -0.15) is 0 Å². The number of aliphatic hydroxyl groups is 1. The molecular formula is C7H14O3. The fourth-order valence-corrected chi connectivity index (χ4v) is 0.896. The maximum atomic E-state index is 9.44. The molecule has 60 valence electrons. The Balaban J connectivity index is 2.39. The van der Waals surface area contributed by atoms with E-state index in [-0.39, 0.29) is 6.10 Å². The Kier molecular flexibility index (Phi) is 2.28. The Morgan fingerprint density at radius 1 is 1.40 bits per heavy atom. The summed E-state index contributed by atoms with van der Waals surface area (Å²) in [5.41, 5.74) is -0.777. The SMILES string of the molecule is CC(C)(O)C1COCCO1. The zero-order chi connectivity index (χ0) is 7.61. The van der Waals surface area contributed by atoms with Crippen molar-refractivity contribution in [2.75, 3.05) is 19.8 Å². The van der Waals surface area contributed by atoms with E-state index < -0.39 is 5.60 Å². The molecule has 10 heavy (non-hydrogen) atoms. The lowest BCUT2D eigenvalue weighted by atomic mass is 10.0. The first-order valence-electron chi connectivity index (χ1n) is 3.52. The highest BCUT2D eigenvalue weighted by molar-refractivity contribution is 4.79. The molecule has 1 saturated heterocycles. The van der Waals surface area contributed by atoms with Crippen molar-refractivity contribution < 1.29 is 14.6 Å². The summed E-state index contributed by atoms with van der Waals surface area (Å²) in [5.74, 6) is 0. The monoisotopic (exact) mass is 146 g/mol. The van der Waals surface area contributed by atoms with E-state index in [0.717, 1.165) is 0 Å². The molecule has 1 fully saturated rings. The predicted molar refractivity (Wildman–Crippen MR) is 36.9 cm³/mol. The second-order valence-corrected chi connectivity index (χ2v) is 3.09. The smallest absolute Gasteiger partial charge is 0.109 e. The molecule has 0 spiro atoms. The molecule has 3 nitrogen and oxygen atoms in total. The van der Waals surface area contributed by atoms with Crippen molar-refractivity contribution in [1.29, 1.82) is 0 Å². The van der Waals surface area contributed by atoms with Crippen molar-refractivity contribution in [3.8, 4) is 0 Å². The van der Waals surface area contributed by atoms with Gasteiger partial charge in [-0.3, -0.25) is 0 Å². The van der Waals surface area contributed by atoms with Crippen LogP contribution in [0.2, 0.25) is 0 Å². The Morgan fingerprint density at radius 2 is 2.10 bits per heavy atom. The summed E-state index contributed by atoms with van der Waals surface area (Å²) in [4.78, 5) is 0. The average molecular weight is 146 g/mol. The molecule has 0 radical (unpaired) electrons. The molecule has 1 aliphatic heterocycles. The molecule has 0 amide bonds. The summed E-state index contributed by atoms with van der Waals surface area (Å²) >= 11 is 0. The quantitative estimate of drug-likeness (QED) is 0.573. The second-order valence-electron chi connectivity index (χ2n) is 3.09. The Hall–Kier alpha value is -0.120. The predicted octanol–water partition coefficient (Wildman–Crippen LogP) is 0.173. The van der Waals surface area contributed by atoms with Crippen LogP contribution in [0.5, 0.6) is 0 Å². The molecule has 0 aromatic rings. The fraction of sp³-hybridized carbons (Fsp3) is 1.00. The number of hydrogen-bond acceptors (Lipinski definition) is 3. The minimum Gasteiger partial charge on any atom is -0.388 e. The molecule has 3 heteroatoms. The van der Waals surface area contributed by atoms with Crippen LogP contribution in [0, 0.1) is 0 Å². The molecule has 1 atom stereocenters. The van der Waals surface area contributed by atoms with Gasteiger partial charge >= 0.3 is 0 Å². The van der Waals surface area contributed by atoms with Crippen LogP contribution >= 0.6 is 0 Å². The summed E-state index contributed by atoms with van der Waals surface area (Å²) < 4.78 is 10.4. The zero-order valence-electron chi connectivity index (χ0n) is 6.46. The van der Waals surface area contributed by atoms with Gasteiger partial charge < -0.3 is 14.6 Å². The van der Waals surface area contributed by atoms with Gasteiger partial charge in [-0.15, -0.1) is 0 Å². The standard InChI is InChI=1S/C7H14O3/c1-7(2,8)6-5-9-3-4-10-6/h6,8H,3-5H2,1-2H3. The van der Waals surface area contributed by atoms with E-state index in [1.807, 2.05) is 0 Å². The summed E-state index contributed by atoms with van der Waals surface area (Å²) in [6.45, 7) is 5.20. The van der Waals surface area contributed by atoms with Crippen molar-refractivity contribution in [1.82, 2.24) is 0 Å². The number of hydrogen-bond donors (Lipinski definition) is 1. The molecule has 1 rings (SSSR count). The highest BCUT2D eigenvalue weighted by atomic mass is 16.6. The van der Waals surface area contributed by atoms with Crippen LogP contribution in [0.1, 0.15) is 13.8 Å². The van der Waals surface area contributed by atoms with E-state index in [1.54, 1.807) is 13.8 Å². The van der Waals surface area contributed by atoms with Crippen molar-refractivity contribution in [2.45, 2.75) is 25.6 Å². The lowest BCUT2D eigenvalue weighted by Crippen LogP contribution is -2.45. The van der Waals surface area contributed by atoms with Crippen molar-refractivity contribution >= 4 is 0 Å². The third kappa shape index (κ3) is 1.94. The van der Waals surface area contributed by atoms with Gasteiger partial charge in [-0.05, 0) is 13.8 Å². The molecule has 1 aliphatic rings. The lowest BCUT2D eigenvalue weighted by molar-refractivity contribution is -0.162. The molecule has 0 aromatic heterocycles. The first kappa shape index (κ1) is 7.98. The Labute approximate surface area is 60.9 Å². The van der Waals surface area contributed by atoms with Gasteiger partial charge in [0.1, 0.15) is 6.10 Å². The van der Waals surface area contributed by atoms with E-state index in [9.17, 15) is 5.11 Å². The van der Waals surface area contributed by atoms with Gasteiger partial charge in [0.15, 0.2) is 0 Å². The van der Waals surface area contributed by atoms with E-state index in [2.05, 4.69) is 0 Å². The van der Waals surface area contributed by atoms with Crippen LogP contribution in [-0.4, -0.2) is 36.6 Å². The maximum absolute atomic E-state index is 9.44.